The molecule has 0 aliphatic heterocycles. The monoisotopic (exact) mass is 1730 g/mol. The highest BCUT2D eigenvalue weighted by molar-refractivity contribution is 8.34. The smallest absolute Gasteiger partial charge is 0.221 e. The van der Waals surface area contributed by atoms with E-state index >= 15 is 0 Å². The summed E-state index contributed by atoms with van der Waals surface area (Å²) in [4.78, 5) is 17.4. The van der Waals surface area contributed by atoms with E-state index in [4.69, 9.17) is 9.97 Å². The van der Waals surface area contributed by atoms with E-state index in [-0.39, 0.29) is 0 Å². The summed E-state index contributed by atoms with van der Waals surface area (Å²) in [7, 11) is -11.8. The molecule has 0 radical (unpaired) electrons. The second-order valence-electron chi connectivity index (χ2n) is 33.8. The third-order valence-electron chi connectivity index (χ3n) is 27.1. The summed E-state index contributed by atoms with van der Waals surface area (Å²) in [5.74, 6) is 2.21. The van der Waals surface area contributed by atoms with E-state index in [0.29, 0.717) is 5.82 Å². The number of benzene rings is 19. The van der Waals surface area contributed by atoms with Crippen LogP contribution in [0.1, 0.15) is 0 Å². The first-order chi connectivity index (χ1) is 64.5. The zero-order valence-corrected chi connectivity index (χ0v) is 75.1. The minimum Gasteiger partial charge on any atom is -0.309 e. The molecule has 0 aliphatic carbocycles. The molecule has 0 N–H and O–H groups in total. The Morgan fingerprint density at radius 2 is 0.500 bits per heavy atom. The van der Waals surface area contributed by atoms with Crippen molar-refractivity contribution >= 4 is 168 Å². The Morgan fingerprint density at radius 1 is 0.177 bits per heavy atom. The van der Waals surface area contributed by atoms with Gasteiger partial charge in [0.15, 0.2) is 24.2 Å². The van der Waals surface area contributed by atoms with Gasteiger partial charge < -0.3 is 4.57 Å². The SMILES string of the molecule is c1ccc([Si](c2ccccc2)(c2ccccc2)c2ccc3c(c2)c2cc(S(c4ccccc4)(c4ccccc4)c4ccccc4)ccc2n3-c2cc(-c3cccc(-n4c5ccccc5c5ccccc54)c3)cc(-n3c4ccc([Si](c5ccccc5)(c5ccccc5)c5ccccc5)cc4n4c5cc([Si](c6ccccc6)(c6ccccc6)c6ccccc6)ccc5nc34)n2)cc1. The molecular formula is C120H86N6SSi3. The summed E-state index contributed by atoms with van der Waals surface area (Å²) in [5, 5.41) is 20.1. The summed E-state index contributed by atoms with van der Waals surface area (Å²) in [6.07, 6.45) is 0. The van der Waals surface area contributed by atoms with Crippen LogP contribution in [-0.2, 0) is 0 Å². The predicted molar refractivity (Wildman–Crippen MR) is 552 cm³/mol. The molecule has 5 heterocycles. The topological polar surface area (TPSA) is 45.0 Å². The van der Waals surface area contributed by atoms with Crippen LogP contribution in [0, 0.1) is 0 Å². The van der Waals surface area contributed by atoms with Gasteiger partial charge in [-0.05, 0) is 195 Å². The molecule has 24 rings (SSSR count). The quantitative estimate of drug-likeness (QED) is 0.0564. The summed E-state index contributed by atoms with van der Waals surface area (Å²) in [5.41, 5.74) is 11.3. The lowest BCUT2D eigenvalue weighted by molar-refractivity contribution is 0.996. The standard InChI is InChI=1S/C120H86N6SSi3/c1-13-44-90(45-14-1)127(91-46-15-2-16-47-91,92-48-17-3-18-49-92)93-72-77-113-108(83-93)109-84-103(128(94-50-19-4-20-51-94,95-52-21-5-22-53-95)96-54-23-6-24-55-96)74-78-114(109)124(113)118-81-88(87-42-41-43-89(80-87)123-111-70-39-37-68-106(111)107-69-38-40-71-112(107)123)82-119(122-118)126-115-79-75-105(130(100-62-31-10-32-63-100,101-64-33-11-34-65-101)102-66-35-12-36-67-102)86-117(115)125-116-85-104(73-76-110(116)121-120(125)126)129(97-56-25-7-26-57-97,98-58-27-8-28-59-98)99-60-29-9-30-61-99/h1-86H. The Labute approximate surface area is 759 Å². The third-order valence-corrected chi connectivity index (χ3v) is 45.3. The maximum Gasteiger partial charge on any atom is 0.221 e. The number of aromatic nitrogens is 6. The summed E-state index contributed by atoms with van der Waals surface area (Å²) >= 11 is 0. The minimum atomic E-state index is -3.21. The second kappa shape index (κ2) is 32.3. The molecule has 5 aromatic heterocycles. The molecular weight excluding hydrogens is 1640 g/mol. The molecule has 0 saturated heterocycles. The van der Waals surface area contributed by atoms with Gasteiger partial charge in [-0.3, -0.25) is 13.5 Å². The van der Waals surface area contributed by atoms with E-state index in [2.05, 4.69) is 540 Å². The molecule has 0 spiro atoms. The Bertz CT molecular complexity index is 7690. The van der Waals surface area contributed by atoms with Crippen molar-refractivity contribution in [1.82, 2.24) is 28.1 Å². The van der Waals surface area contributed by atoms with Crippen LogP contribution in [0.3, 0.4) is 0 Å². The molecule has 0 saturated carbocycles. The predicted octanol–water partition coefficient (Wildman–Crippen LogP) is 21.2. The zero-order valence-electron chi connectivity index (χ0n) is 71.2. The highest BCUT2D eigenvalue weighted by atomic mass is 32.3. The van der Waals surface area contributed by atoms with Crippen LogP contribution in [0.2, 0.25) is 0 Å². The van der Waals surface area contributed by atoms with Crippen molar-refractivity contribution in [3.05, 3.63) is 522 Å². The highest BCUT2D eigenvalue weighted by Crippen LogP contribution is 2.73. The molecule has 130 heavy (non-hydrogen) atoms. The molecule has 0 bridgehead atoms. The van der Waals surface area contributed by atoms with Crippen molar-refractivity contribution in [1.29, 1.82) is 0 Å². The van der Waals surface area contributed by atoms with Crippen LogP contribution < -0.4 is 62.2 Å². The Balaban J connectivity index is 0.840. The van der Waals surface area contributed by atoms with E-state index in [1.165, 1.54) is 92.6 Å². The van der Waals surface area contributed by atoms with Crippen molar-refractivity contribution in [2.75, 3.05) is 0 Å². The largest absolute Gasteiger partial charge is 0.309 e. The van der Waals surface area contributed by atoms with Crippen LogP contribution in [0.5, 0.6) is 0 Å². The van der Waals surface area contributed by atoms with E-state index in [1.807, 2.05) is 0 Å². The van der Waals surface area contributed by atoms with Crippen molar-refractivity contribution < 1.29 is 0 Å². The molecule has 24 aromatic rings. The maximum absolute atomic E-state index is 6.38. The van der Waals surface area contributed by atoms with Gasteiger partial charge in [0.25, 0.3) is 0 Å². The van der Waals surface area contributed by atoms with Gasteiger partial charge in [-0.25, -0.2) is 9.97 Å². The fraction of sp³-hybridized carbons (Fsp3) is 0. The first kappa shape index (κ1) is 77.7. The van der Waals surface area contributed by atoms with E-state index in [9.17, 15) is 0 Å². The molecule has 19 aromatic carbocycles. The lowest BCUT2D eigenvalue weighted by atomic mass is 10.1. The molecule has 0 unspecified atom stereocenters. The molecule has 0 aliphatic rings. The Kier molecular flexibility index (Phi) is 19.3. The number of fused-ring (bicyclic) bond motifs is 11. The van der Waals surface area contributed by atoms with E-state index in [0.717, 1.165) is 83.3 Å². The number of rotatable bonds is 20. The van der Waals surface area contributed by atoms with Gasteiger partial charge >= 0.3 is 0 Å². The first-order valence-electron chi connectivity index (χ1n) is 44.7. The van der Waals surface area contributed by atoms with Crippen LogP contribution in [0.4, 0.5) is 0 Å². The van der Waals surface area contributed by atoms with Gasteiger partial charge in [-0.1, -0.05) is 400 Å². The van der Waals surface area contributed by atoms with Gasteiger partial charge in [-0.2, -0.15) is 0 Å². The molecule has 10 heteroatoms. The van der Waals surface area contributed by atoms with Crippen LogP contribution in [0.15, 0.2) is 541 Å². The van der Waals surface area contributed by atoms with Gasteiger partial charge in [-0.15, -0.1) is 10.0 Å². The summed E-state index contributed by atoms with van der Waals surface area (Å²) in [6.45, 7) is 0. The first-order valence-corrected chi connectivity index (χ1v) is 52.3. The maximum atomic E-state index is 6.38. The number of nitrogens with zero attached hydrogens (tertiary/aromatic N) is 6. The van der Waals surface area contributed by atoms with Crippen LogP contribution in [-0.4, -0.2) is 52.3 Å². The second-order valence-corrected chi connectivity index (χ2v) is 48.4. The minimum absolute atomic E-state index is 0.713. The molecule has 0 atom stereocenters. The fourth-order valence-corrected chi connectivity index (χ4v) is 39.8. The number of imidazole rings is 2. The van der Waals surface area contributed by atoms with E-state index in [1.54, 1.807) is 0 Å². The van der Waals surface area contributed by atoms with Crippen LogP contribution in [0.25, 0.3) is 99.9 Å². The van der Waals surface area contributed by atoms with E-state index < -0.39 is 34.2 Å². The average Bonchev–Trinajstić information content (AvgIpc) is 1.41. The van der Waals surface area contributed by atoms with Gasteiger partial charge in [0.2, 0.25) is 5.78 Å². The fourth-order valence-electron chi connectivity index (χ4n) is 21.6. The number of hydrogen-bond acceptors (Lipinski definition) is 2. The summed E-state index contributed by atoms with van der Waals surface area (Å²) in [6, 6.07) is 197. The third kappa shape index (κ3) is 12.3. The lowest BCUT2D eigenvalue weighted by Crippen LogP contribution is -2.74. The molecule has 614 valence electrons. The van der Waals surface area contributed by atoms with Crippen molar-refractivity contribution in [2.45, 2.75) is 19.6 Å². The number of pyridine rings is 1. The lowest BCUT2D eigenvalue weighted by Gasteiger charge is -2.42. The zero-order chi connectivity index (χ0) is 86.2. The van der Waals surface area contributed by atoms with Crippen molar-refractivity contribution in [2.24, 2.45) is 0 Å². The van der Waals surface area contributed by atoms with Gasteiger partial charge in [0, 0.05) is 46.8 Å². The van der Waals surface area contributed by atoms with Crippen molar-refractivity contribution in [3.63, 3.8) is 0 Å². The molecule has 0 amide bonds. The van der Waals surface area contributed by atoms with Gasteiger partial charge in [0.1, 0.15) is 11.6 Å². The Hall–Kier alpha value is -15.8. The normalized spacial score (nSPS) is 12.3. The molecule has 6 nitrogen and oxygen atoms in total. The van der Waals surface area contributed by atoms with Gasteiger partial charge in [0.05, 0.1) is 44.1 Å². The van der Waals surface area contributed by atoms with Crippen LogP contribution >= 0.6 is 10.0 Å². The number of hydrogen-bond donors (Lipinski definition) is 0. The average molecular weight is 1730 g/mol. The highest BCUT2D eigenvalue weighted by Gasteiger charge is 2.46. The Morgan fingerprint density at radius 3 is 0.908 bits per heavy atom. The van der Waals surface area contributed by atoms with Crippen molar-refractivity contribution in [3.8, 4) is 28.5 Å². The molecule has 0 fully saturated rings. The number of para-hydroxylation sites is 2. The summed E-state index contributed by atoms with van der Waals surface area (Å²) < 4.78 is 9.79.